The van der Waals surface area contributed by atoms with Crippen molar-refractivity contribution in [3.8, 4) is 0 Å². The van der Waals surface area contributed by atoms with Crippen molar-refractivity contribution in [2.45, 2.75) is 25.8 Å². The van der Waals surface area contributed by atoms with Crippen molar-refractivity contribution in [3.63, 3.8) is 0 Å². The minimum atomic E-state index is -4.65. The number of halogens is 5. The summed E-state index contributed by atoms with van der Waals surface area (Å²) in [5, 5.41) is 0.352. The van der Waals surface area contributed by atoms with E-state index in [-0.39, 0.29) is 11.1 Å². The first-order chi connectivity index (χ1) is 9.17. The zero-order valence-electron chi connectivity index (χ0n) is 10.3. The summed E-state index contributed by atoms with van der Waals surface area (Å²) in [6, 6.07) is 6.74. The Balaban J connectivity index is 2.50. The van der Waals surface area contributed by atoms with Gasteiger partial charge in [0.25, 0.3) is 0 Å². The fraction of sp³-hybridized carbons (Fsp3) is 0.308. The van der Waals surface area contributed by atoms with Crippen LogP contribution in [0.3, 0.4) is 0 Å². The Bertz CT molecular complexity index is 618. The molecule has 0 N–H and O–H groups in total. The third-order valence-corrected chi connectivity index (χ3v) is 2.57. The number of aromatic nitrogens is 1. The number of alkyl halides is 5. The highest BCUT2D eigenvalue weighted by Crippen LogP contribution is 2.31. The molecule has 20 heavy (non-hydrogen) atoms. The second-order valence-electron chi connectivity index (χ2n) is 4.28. The average Bonchev–Trinajstić information content (AvgIpc) is 2.33. The standard InChI is InChI=1S/C13H10F5NO/c1-12(14,15)20-7-8-6-11(13(16,17)18)19-10-5-3-2-4-9(8)10/h2-6H,7H2,1H3. The molecule has 0 saturated heterocycles. The molecule has 0 saturated carbocycles. The van der Waals surface area contributed by atoms with Gasteiger partial charge in [-0.05, 0) is 17.7 Å². The molecular weight excluding hydrogens is 281 g/mol. The Morgan fingerprint density at radius 2 is 1.75 bits per heavy atom. The highest BCUT2D eigenvalue weighted by molar-refractivity contribution is 5.82. The summed E-state index contributed by atoms with van der Waals surface area (Å²) < 4.78 is 67.8. The van der Waals surface area contributed by atoms with Crippen molar-refractivity contribution < 1.29 is 26.7 Å². The number of nitrogens with zero attached hydrogens (tertiary/aromatic N) is 1. The SMILES string of the molecule is CC(F)(F)OCc1cc(C(F)(F)F)nc2ccccc12. The van der Waals surface area contributed by atoms with Gasteiger partial charge in [-0.15, -0.1) is 0 Å². The molecule has 0 atom stereocenters. The smallest absolute Gasteiger partial charge is 0.316 e. The van der Waals surface area contributed by atoms with E-state index in [2.05, 4.69) is 9.72 Å². The van der Waals surface area contributed by atoms with Crippen molar-refractivity contribution >= 4 is 10.9 Å². The predicted octanol–water partition coefficient (Wildman–Crippen LogP) is 4.38. The van der Waals surface area contributed by atoms with Gasteiger partial charge in [-0.25, -0.2) is 4.98 Å². The van der Waals surface area contributed by atoms with Crippen LogP contribution in [-0.4, -0.2) is 11.1 Å². The number of hydrogen-bond acceptors (Lipinski definition) is 2. The summed E-state index contributed by atoms with van der Waals surface area (Å²) in [7, 11) is 0. The van der Waals surface area contributed by atoms with Gasteiger partial charge in [0.1, 0.15) is 5.69 Å². The van der Waals surface area contributed by atoms with Gasteiger partial charge in [0.2, 0.25) is 0 Å². The summed E-state index contributed by atoms with van der Waals surface area (Å²) in [5.41, 5.74) is -1.03. The molecule has 1 heterocycles. The molecule has 0 unspecified atom stereocenters. The number of hydrogen-bond donors (Lipinski definition) is 0. The Morgan fingerprint density at radius 1 is 1.10 bits per heavy atom. The minimum absolute atomic E-state index is 0.0180. The van der Waals surface area contributed by atoms with Gasteiger partial charge in [0, 0.05) is 12.3 Å². The van der Waals surface area contributed by atoms with Crippen LogP contribution < -0.4 is 0 Å². The number of fused-ring (bicyclic) bond motifs is 1. The zero-order valence-corrected chi connectivity index (χ0v) is 10.3. The second kappa shape index (κ2) is 4.97. The van der Waals surface area contributed by atoms with E-state index >= 15 is 0 Å². The molecule has 2 rings (SSSR count). The Labute approximate surface area is 111 Å². The molecular formula is C13H10F5NO. The Kier molecular flexibility index (Phi) is 3.64. The molecule has 0 bridgehead atoms. The fourth-order valence-corrected chi connectivity index (χ4v) is 1.72. The largest absolute Gasteiger partial charge is 0.433 e. The topological polar surface area (TPSA) is 22.1 Å². The second-order valence-corrected chi connectivity index (χ2v) is 4.28. The minimum Gasteiger partial charge on any atom is -0.316 e. The molecule has 7 heteroatoms. The van der Waals surface area contributed by atoms with Crippen LogP contribution in [0.2, 0.25) is 0 Å². The van der Waals surface area contributed by atoms with Crippen molar-refractivity contribution in [1.82, 2.24) is 4.98 Å². The van der Waals surface area contributed by atoms with Crippen molar-refractivity contribution in [2.24, 2.45) is 0 Å². The number of ether oxygens (including phenoxy) is 1. The predicted molar refractivity (Wildman–Crippen MR) is 62.2 cm³/mol. The molecule has 2 nitrogen and oxygen atoms in total. The maximum Gasteiger partial charge on any atom is 0.433 e. The molecule has 2 aromatic rings. The first-order valence-corrected chi connectivity index (χ1v) is 5.64. The molecule has 1 aromatic heterocycles. The van der Waals surface area contributed by atoms with Crippen molar-refractivity contribution in [3.05, 3.63) is 41.6 Å². The first-order valence-electron chi connectivity index (χ1n) is 5.64. The van der Waals surface area contributed by atoms with Crippen LogP contribution >= 0.6 is 0 Å². The van der Waals surface area contributed by atoms with Crippen LogP contribution in [0.15, 0.2) is 30.3 Å². The van der Waals surface area contributed by atoms with Crippen LogP contribution in [0, 0.1) is 0 Å². The fourth-order valence-electron chi connectivity index (χ4n) is 1.72. The van der Waals surface area contributed by atoms with E-state index in [0.29, 0.717) is 12.3 Å². The number of pyridine rings is 1. The lowest BCUT2D eigenvalue weighted by Gasteiger charge is -2.14. The summed E-state index contributed by atoms with van der Waals surface area (Å²) >= 11 is 0. The molecule has 0 aliphatic carbocycles. The lowest BCUT2D eigenvalue weighted by molar-refractivity contribution is -0.231. The van der Waals surface area contributed by atoms with E-state index in [1.54, 1.807) is 6.07 Å². The molecule has 0 spiro atoms. The van der Waals surface area contributed by atoms with Gasteiger partial charge in [0.05, 0.1) is 12.1 Å². The number of rotatable bonds is 3. The lowest BCUT2D eigenvalue weighted by Crippen LogP contribution is -2.16. The van der Waals surface area contributed by atoms with Crippen LogP contribution in [0.4, 0.5) is 22.0 Å². The first kappa shape index (κ1) is 14.6. The van der Waals surface area contributed by atoms with Crippen molar-refractivity contribution in [1.29, 1.82) is 0 Å². The molecule has 0 amide bonds. The van der Waals surface area contributed by atoms with E-state index in [1.807, 2.05) is 0 Å². The van der Waals surface area contributed by atoms with Gasteiger partial charge in [-0.1, -0.05) is 18.2 Å². The van der Waals surface area contributed by atoms with Gasteiger partial charge >= 0.3 is 12.3 Å². The lowest BCUT2D eigenvalue weighted by atomic mass is 10.1. The molecule has 0 radical (unpaired) electrons. The Morgan fingerprint density at radius 3 is 2.35 bits per heavy atom. The van der Waals surface area contributed by atoms with E-state index in [0.717, 1.165) is 6.07 Å². The maximum absolute atomic E-state index is 12.7. The summed E-state index contributed by atoms with van der Waals surface area (Å²) in [4.78, 5) is 3.48. The van der Waals surface area contributed by atoms with Crippen LogP contribution in [0.25, 0.3) is 10.9 Å². The number of benzene rings is 1. The zero-order chi connectivity index (χ0) is 15.0. The third kappa shape index (κ3) is 3.41. The Hall–Kier alpha value is -1.76. The normalized spacial score (nSPS) is 12.9. The van der Waals surface area contributed by atoms with Gasteiger partial charge in [0.15, 0.2) is 0 Å². The molecule has 0 fully saturated rings. The average molecular weight is 291 g/mol. The van der Waals surface area contributed by atoms with Crippen LogP contribution in [0.1, 0.15) is 18.2 Å². The number of para-hydroxylation sites is 1. The van der Waals surface area contributed by atoms with E-state index < -0.39 is 24.6 Å². The molecule has 1 aromatic carbocycles. The van der Waals surface area contributed by atoms with E-state index in [9.17, 15) is 22.0 Å². The quantitative estimate of drug-likeness (QED) is 0.783. The molecule has 0 aliphatic rings. The van der Waals surface area contributed by atoms with E-state index in [1.165, 1.54) is 18.2 Å². The monoisotopic (exact) mass is 291 g/mol. The van der Waals surface area contributed by atoms with Gasteiger partial charge < -0.3 is 4.74 Å². The summed E-state index contributed by atoms with van der Waals surface area (Å²) in [6.45, 7) is -0.101. The van der Waals surface area contributed by atoms with Crippen LogP contribution in [0.5, 0.6) is 0 Å². The maximum atomic E-state index is 12.7. The molecule has 0 aliphatic heterocycles. The molecule has 108 valence electrons. The van der Waals surface area contributed by atoms with Gasteiger partial charge in [-0.2, -0.15) is 22.0 Å². The van der Waals surface area contributed by atoms with E-state index in [4.69, 9.17) is 0 Å². The van der Waals surface area contributed by atoms with Gasteiger partial charge in [-0.3, -0.25) is 0 Å². The summed E-state index contributed by atoms with van der Waals surface area (Å²) in [6.07, 6.45) is -8.06. The third-order valence-electron chi connectivity index (χ3n) is 2.57. The van der Waals surface area contributed by atoms with Crippen molar-refractivity contribution in [2.75, 3.05) is 0 Å². The van der Waals surface area contributed by atoms with Crippen LogP contribution in [-0.2, 0) is 17.5 Å². The summed E-state index contributed by atoms with van der Waals surface area (Å²) in [5.74, 6) is 0. The highest BCUT2D eigenvalue weighted by Gasteiger charge is 2.33. The highest BCUT2D eigenvalue weighted by atomic mass is 19.4.